The van der Waals surface area contributed by atoms with Gasteiger partial charge in [0, 0.05) is 67.8 Å². The Morgan fingerprint density at radius 1 is 1.15 bits per heavy atom. The van der Waals surface area contributed by atoms with Gasteiger partial charge in [0.1, 0.15) is 11.5 Å². The molecule has 2 aliphatic heterocycles. The van der Waals surface area contributed by atoms with Crippen LogP contribution in [-0.2, 0) is 13.5 Å². The summed E-state index contributed by atoms with van der Waals surface area (Å²) in [5.74, 6) is 0.189. The summed E-state index contributed by atoms with van der Waals surface area (Å²) in [4.78, 5) is 36.6. The van der Waals surface area contributed by atoms with Crippen molar-refractivity contribution in [3.8, 4) is 5.88 Å². The molecule has 2 fully saturated rings. The van der Waals surface area contributed by atoms with Gasteiger partial charge in [-0.05, 0) is 43.5 Å². The number of amides is 2. The molecule has 4 aromatic rings. The molecule has 2 amide bonds. The Bertz CT molecular complexity index is 1600. The van der Waals surface area contributed by atoms with Gasteiger partial charge < -0.3 is 25.4 Å². The average molecular weight is 557 g/mol. The quantitative estimate of drug-likeness (QED) is 0.346. The molecule has 212 valence electrons. The lowest BCUT2D eigenvalue weighted by atomic mass is 10.1. The van der Waals surface area contributed by atoms with Gasteiger partial charge in [0.25, 0.3) is 0 Å². The minimum absolute atomic E-state index is 0.240. The Hall–Kier alpha value is -4.71. The fraction of sp³-hybridized carbons (Fsp3) is 0.345. The number of carbonyl (C=O) groups is 2. The number of aromatic nitrogens is 4. The molecule has 0 atom stereocenters. The molecule has 0 unspecified atom stereocenters. The molecule has 41 heavy (non-hydrogen) atoms. The van der Waals surface area contributed by atoms with E-state index in [1.165, 1.54) is 25.6 Å². The monoisotopic (exact) mass is 556 g/mol. The molecular formula is C29H32N8O4. The maximum Gasteiger partial charge on any atom is 0.335 e. The molecule has 0 bridgehead atoms. The minimum Gasteiger partial charge on any atom is -0.479 e. The van der Waals surface area contributed by atoms with Crippen LogP contribution in [0.1, 0.15) is 28.8 Å². The summed E-state index contributed by atoms with van der Waals surface area (Å²) in [5, 5.41) is 20.1. The summed E-state index contributed by atoms with van der Waals surface area (Å²) in [6.07, 6.45) is 6.94. The van der Waals surface area contributed by atoms with Crippen molar-refractivity contribution in [3.63, 3.8) is 0 Å². The number of fused-ring (bicyclic) bond motifs is 2. The highest BCUT2D eigenvalue weighted by Crippen LogP contribution is 2.41. The van der Waals surface area contributed by atoms with E-state index in [1.807, 2.05) is 25.5 Å². The van der Waals surface area contributed by atoms with Crippen LogP contribution in [0.15, 0.2) is 54.9 Å². The number of hydrogen-bond acceptors (Lipinski definition) is 8. The standard InChI is InChI=1S/C22H26N8O2.C7H6O2/c1-28-12-14-11-16(20(32-2)26-18(14)27-28)25-21(31)30-9-4-15-17(3-7-23-19(15)30)29-10-8-24-22(13-29)5-6-22;8-7(9)6-4-2-1-3-5-6/h3,7,11-12,24H,4-6,8-10,13H2,1-2H3,(H,25,31);1-5H,(H,8,9). The maximum atomic E-state index is 13.2. The van der Waals surface area contributed by atoms with E-state index in [9.17, 15) is 9.59 Å². The van der Waals surface area contributed by atoms with Gasteiger partial charge >= 0.3 is 12.0 Å². The van der Waals surface area contributed by atoms with E-state index in [0.717, 1.165) is 42.8 Å². The average Bonchev–Trinajstić information content (AvgIpc) is 3.39. The van der Waals surface area contributed by atoms with Crippen molar-refractivity contribution >= 4 is 40.2 Å². The lowest BCUT2D eigenvalue weighted by Gasteiger charge is -2.36. The number of aromatic carboxylic acids is 1. The topological polar surface area (TPSA) is 138 Å². The third-order valence-electron chi connectivity index (χ3n) is 7.69. The summed E-state index contributed by atoms with van der Waals surface area (Å²) in [6.45, 7) is 3.57. The van der Waals surface area contributed by atoms with Crippen molar-refractivity contribution < 1.29 is 19.4 Å². The van der Waals surface area contributed by atoms with Gasteiger partial charge in [-0.1, -0.05) is 18.2 Å². The normalized spacial score (nSPS) is 16.6. The fourth-order valence-corrected chi connectivity index (χ4v) is 5.48. The van der Waals surface area contributed by atoms with Crippen LogP contribution in [0.3, 0.4) is 0 Å². The third-order valence-corrected chi connectivity index (χ3v) is 7.69. The number of nitrogens with zero attached hydrogens (tertiary/aromatic N) is 6. The van der Waals surface area contributed by atoms with Gasteiger partial charge in [-0.2, -0.15) is 10.1 Å². The van der Waals surface area contributed by atoms with Crippen LogP contribution in [-0.4, -0.2) is 75.7 Å². The predicted octanol–water partition coefficient (Wildman–Crippen LogP) is 3.29. The van der Waals surface area contributed by atoms with E-state index in [2.05, 4.69) is 36.7 Å². The molecule has 3 aromatic heterocycles. The Labute approximate surface area is 236 Å². The number of carbonyl (C=O) groups excluding carboxylic acids is 1. The zero-order chi connectivity index (χ0) is 28.6. The van der Waals surface area contributed by atoms with E-state index in [4.69, 9.17) is 9.84 Å². The first-order valence-corrected chi connectivity index (χ1v) is 13.6. The number of piperazine rings is 1. The first-order chi connectivity index (χ1) is 19.9. The number of benzene rings is 1. The summed E-state index contributed by atoms with van der Waals surface area (Å²) in [5.41, 5.74) is 4.06. The molecule has 3 aliphatic rings. The Kier molecular flexibility index (Phi) is 6.91. The van der Waals surface area contributed by atoms with E-state index < -0.39 is 5.97 Å². The molecule has 3 N–H and O–H groups in total. The molecule has 1 aromatic carbocycles. The molecule has 7 rings (SSSR count). The first kappa shape index (κ1) is 26.5. The molecule has 5 heterocycles. The van der Waals surface area contributed by atoms with Crippen molar-refractivity contribution in [1.29, 1.82) is 0 Å². The van der Waals surface area contributed by atoms with Crippen LogP contribution >= 0.6 is 0 Å². The van der Waals surface area contributed by atoms with Gasteiger partial charge in [0.15, 0.2) is 5.65 Å². The third kappa shape index (κ3) is 5.38. The second-order valence-electron chi connectivity index (χ2n) is 10.5. The minimum atomic E-state index is -0.879. The Morgan fingerprint density at radius 2 is 1.95 bits per heavy atom. The van der Waals surface area contributed by atoms with Crippen molar-refractivity contribution in [2.45, 2.75) is 24.8 Å². The second kappa shape index (κ2) is 10.7. The molecular weight excluding hydrogens is 524 g/mol. The lowest BCUT2D eigenvalue weighted by molar-refractivity contribution is 0.0697. The highest BCUT2D eigenvalue weighted by Gasteiger charge is 2.46. The summed E-state index contributed by atoms with van der Waals surface area (Å²) >= 11 is 0. The number of carboxylic acid groups (broad SMARTS) is 1. The zero-order valence-electron chi connectivity index (χ0n) is 23.0. The van der Waals surface area contributed by atoms with Crippen LogP contribution in [0.2, 0.25) is 0 Å². The molecule has 1 spiro atoms. The van der Waals surface area contributed by atoms with Crippen molar-refractivity contribution in [2.24, 2.45) is 7.05 Å². The zero-order valence-corrected chi connectivity index (χ0v) is 23.0. The highest BCUT2D eigenvalue weighted by atomic mass is 16.5. The number of ether oxygens (including phenoxy) is 1. The number of rotatable bonds is 4. The first-order valence-electron chi connectivity index (χ1n) is 13.6. The van der Waals surface area contributed by atoms with Gasteiger partial charge in [0.05, 0.1) is 12.7 Å². The van der Waals surface area contributed by atoms with Crippen molar-refractivity contribution in [2.75, 3.05) is 48.4 Å². The number of urea groups is 1. The Morgan fingerprint density at radius 3 is 2.66 bits per heavy atom. The number of methoxy groups -OCH3 is 1. The molecule has 0 radical (unpaired) electrons. The van der Waals surface area contributed by atoms with E-state index in [0.29, 0.717) is 34.9 Å². The molecule has 1 saturated carbocycles. The van der Waals surface area contributed by atoms with E-state index in [-0.39, 0.29) is 6.03 Å². The van der Waals surface area contributed by atoms with Gasteiger partial charge in [0.2, 0.25) is 5.88 Å². The summed E-state index contributed by atoms with van der Waals surface area (Å²) in [6, 6.07) is 12.0. The van der Waals surface area contributed by atoms with Crippen molar-refractivity contribution in [1.82, 2.24) is 25.1 Å². The summed E-state index contributed by atoms with van der Waals surface area (Å²) < 4.78 is 7.08. The van der Waals surface area contributed by atoms with Crippen molar-refractivity contribution in [3.05, 3.63) is 66.0 Å². The van der Waals surface area contributed by atoms with Gasteiger partial charge in [-0.15, -0.1) is 0 Å². The lowest BCUT2D eigenvalue weighted by Crippen LogP contribution is -2.52. The van der Waals surface area contributed by atoms with Crippen LogP contribution in [0.5, 0.6) is 5.88 Å². The number of nitrogens with one attached hydrogen (secondary N) is 2. The van der Waals surface area contributed by atoms with E-state index in [1.54, 1.807) is 39.9 Å². The van der Waals surface area contributed by atoms with Crippen LogP contribution in [0.25, 0.3) is 11.0 Å². The van der Waals surface area contributed by atoms with Gasteiger partial charge in [-0.3, -0.25) is 9.58 Å². The smallest absolute Gasteiger partial charge is 0.335 e. The Balaban J connectivity index is 0.000000289. The second-order valence-corrected chi connectivity index (χ2v) is 10.5. The number of pyridine rings is 2. The largest absolute Gasteiger partial charge is 0.479 e. The number of aryl methyl sites for hydroxylation is 1. The summed E-state index contributed by atoms with van der Waals surface area (Å²) in [7, 11) is 3.37. The van der Waals surface area contributed by atoms with Gasteiger partial charge in [-0.25, -0.2) is 14.6 Å². The van der Waals surface area contributed by atoms with Crippen LogP contribution < -0.4 is 25.2 Å². The van der Waals surface area contributed by atoms with E-state index >= 15 is 0 Å². The number of hydrogen-bond donors (Lipinski definition) is 3. The number of carboxylic acids is 1. The SMILES string of the molecule is COc1nc2nn(C)cc2cc1NC(=O)N1CCc2c(N3CCNC4(CC4)C3)ccnc21.O=C(O)c1ccccc1. The molecule has 12 heteroatoms. The fourth-order valence-electron chi connectivity index (χ4n) is 5.48. The molecule has 1 aliphatic carbocycles. The molecule has 1 saturated heterocycles. The maximum absolute atomic E-state index is 13.2. The van der Waals surface area contributed by atoms with Crippen LogP contribution in [0.4, 0.5) is 22.0 Å². The number of anilines is 3. The predicted molar refractivity (Wildman–Crippen MR) is 155 cm³/mol. The van der Waals surface area contributed by atoms with Crippen LogP contribution in [0, 0.1) is 0 Å². The highest BCUT2D eigenvalue weighted by molar-refractivity contribution is 6.04. The molecule has 12 nitrogen and oxygen atoms in total.